The summed E-state index contributed by atoms with van der Waals surface area (Å²) in [6, 6.07) is 9.89. The molecular formula is C27H37Br3EuN6O8P3. The minimum atomic E-state index is -3.82. The van der Waals surface area contributed by atoms with E-state index in [0.29, 0.717) is 89.4 Å². The van der Waals surface area contributed by atoms with Crippen molar-refractivity contribution in [2.45, 2.75) is 19.6 Å². The Bertz CT molecular complexity index is 1490. The van der Waals surface area contributed by atoms with Crippen LogP contribution in [0.15, 0.2) is 49.8 Å². The Morgan fingerprint density at radius 1 is 0.542 bits per heavy atom. The zero-order valence-electron chi connectivity index (χ0n) is 26.3. The van der Waals surface area contributed by atoms with Crippen molar-refractivity contribution in [2.75, 3.05) is 59.3 Å². The summed E-state index contributed by atoms with van der Waals surface area (Å²) in [6.07, 6.45) is 0. The number of halogens is 3. The van der Waals surface area contributed by atoms with Crippen LogP contribution in [0.2, 0.25) is 0 Å². The van der Waals surface area contributed by atoms with E-state index in [-0.39, 0.29) is 76.6 Å². The third-order valence-corrected chi connectivity index (χ3v) is 11.6. The molecule has 4 heterocycles. The molecule has 4 rings (SSSR count). The zero-order chi connectivity index (χ0) is 33.2. The molecule has 14 nitrogen and oxygen atoms in total. The van der Waals surface area contributed by atoms with Gasteiger partial charge in [-0.3, -0.25) is 14.7 Å². The number of rotatable bonds is 9. The Hall–Kier alpha value is 0.844. The third-order valence-electron chi connectivity index (χ3n) is 7.09. The Kier molecular flexibility index (Phi) is 19.3. The van der Waals surface area contributed by atoms with Gasteiger partial charge in [0.25, 0.3) is 0 Å². The van der Waals surface area contributed by atoms with E-state index in [1.807, 2.05) is 0 Å². The van der Waals surface area contributed by atoms with Gasteiger partial charge >= 0.3 is 49.4 Å². The van der Waals surface area contributed by atoms with Crippen molar-refractivity contribution in [3.05, 3.63) is 66.9 Å². The number of hydrogen-bond donors (Lipinski definition) is 0. The Balaban J connectivity index is 0.00000384. The average molecular weight is 1060 g/mol. The molecule has 4 N–H and O–H groups in total. The molecule has 48 heavy (non-hydrogen) atoms. The van der Waals surface area contributed by atoms with Crippen LogP contribution in [-0.4, -0.2) is 99.9 Å². The summed E-state index contributed by atoms with van der Waals surface area (Å²) in [7, 11) is -11.5. The molecule has 3 aromatic heterocycles. The van der Waals surface area contributed by atoms with Gasteiger partial charge in [-0.1, -0.05) is 47.8 Å². The number of nitrogens with zero attached hydrogens (tertiary/aromatic N) is 6. The molecule has 1 fully saturated rings. The standard InChI is InChI=1S/C27H36Br3N6O6P3.Eu.2H2O/c1-43(37,38)25-13-19(28)10-22(31-25)16-34-4-6-35(17-23-11-20(29)14-26(32-23)44(2,39)40)8-9-36(7-5-34)18-24-12-21(30)15-27(33-24)45(3,41)42;;;/h10-15H,4-9,16-18H2,1-3H3,(H,37,38)(H,39,40)(H,41,42);;2*1H2/q;+3;;/p-3. The molecular weight excluding hydrogens is 1020 g/mol. The van der Waals surface area contributed by atoms with Crippen LogP contribution in [0, 0.1) is 49.4 Å². The van der Waals surface area contributed by atoms with E-state index >= 15 is 0 Å². The molecule has 0 aliphatic carbocycles. The fourth-order valence-electron chi connectivity index (χ4n) is 4.82. The van der Waals surface area contributed by atoms with Crippen LogP contribution in [0.25, 0.3) is 0 Å². The molecule has 3 unspecified atom stereocenters. The van der Waals surface area contributed by atoms with Crippen LogP contribution in [0.5, 0.6) is 0 Å². The zero-order valence-corrected chi connectivity index (χ0v) is 36.2. The van der Waals surface area contributed by atoms with Crippen LogP contribution in [0.3, 0.4) is 0 Å². The predicted molar refractivity (Wildman–Crippen MR) is 188 cm³/mol. The van der Waals surface area contributed by atoms with E-state index in [1.54, 1.807) is 18.2 Å². The first kappa shape index (κ1) is 46.9. The van der Waals surface area contributed by atoms with Crippen molar-refractivity contribution in [3.63, 3.8) is 0 Å². The largest absolute Gasteiger partial charge is 3.00 e. The summed E-state index contributed by atoms with van der Waals surface area (Å²) in [5, 5.41) is 0. The maximum absolute atomic E-state index is 12.3. The van der Waals surface area contributed by atoms with Crippen LogP contribution in [0.1, 0.15) is 17.1 Å². The minimum absolute atomic E-state index is 0. The normalized spacial score (nSPS) is 18.7. The van der Waals surface area contributed by atoms with Gasteiger partial charge in [-0.05, 0) is 56.4 Å². The van der Waals surface area contributed by atoms with Gasteiger partial charge in [0.1, 0.15) is 0 Å². The second kappa shape index (κ2) is 19.8. The maximum atomic E-state index is 12.3. The Morgan fingerprint density at radius 2 is 0.750 bits per heavy atom. The van der Waals surface area contributed by atoms with Gasteiger partial charge < -0.3 is 39.3 Å². The van der Waals surface area contributed by atoms with Gasteiger partial charge in [0.15, 0.2) is 0 Å². The smallest absolute Gasteiger partial charge is 0.795 e. The maximum Gasteiger partial charge on any atom is 3.00 e. The van der Waals surface area contributed by atoms with Crippen LogP contribution >= 0.6 is 69.9 Å². The third kappa shape index (κ3) is 14.7. The molecule has 0 aromatic carbocycles. The van der Waals surface area contributed by atoms with Gasteiger partial charge in [-0.25, -0.2) is 15.0 Å². The molecule has 1 saturated heterocycles. The monoisotopic (exact) mass is 1060 g/mol. The summed E-state index contributed by atoms with van der Waals surface area (Å²) in [5.74, 6) is 0. The van der Waals surface area contributed by atoms with Crippen LogP contribution < -0.4 is 31.0 Å². The molecule has 21 heteroatoms. The second-order valence-corrected chi connectivity index (χ2v) is 20.5. The summed E-state index contributed by atoms with van der Waals surface area (Å²) in [5.41, 5.74) is 1.88. The molecule has 1 aliphatic heterocycles. The van der Waals surface area contributed by atoms with Crippen molar-refractivity contribution >= 4 is 86.2 Å². The van der Waals surface area contributed by atoms with E-state index in [1.165, 1.54) is 18.2 Å². The fraction of sp³-hybridized carbons (Fsp3) is 0.444. The Morgan fingerprint density at radius 3 is 0.938 bits per heavy atom. The molecule has 0 radical (unpaired) electrons. The summed E-state index contributed by atoms with van der Waals surface area (Å²) in [4.78, 5) is 56.6. The van der Waals surface area contributed by atoms with E-state index < -0.39 is 22.1 Å². The first-order valence-electron chi connectivity index (χ1n) is 13.9. The SMILES string of the molecule is CP(=O)([O-])c1cc(Br)cc(CN2CCN(Cc3cc(Br)cc(P(C)(=O)[O-])n3)CCN(Cc3cc(Br)cc(P(C)(=O)[O-])n3)CC2)n1.O.O.[Eu+3]. The van der Waals surface area contributed by atoms with Gasteiger partial charge in [-0.15, -0.1) is 0 Å². The van der Waals surface area contributed by atoms with E-state index in [4.69, 9.17) is 0 Å². The first-order valence-corrected chi connectivity index (χ1v) is 22.5. The molecule has 3 aromatic rings. The van der Waals surface area contributed by atoms with Crippen molar-refractivity contribution in [2.24, 2.45) is 0 Å². The van der Waals surface area contributed by atoms with E-state index in [2.05, 4.69) is 77.4 Å². The molecule has 0 spiro atoms. The van der Waals surface area contributed by atoms with Crippen molar-refractivity contribution in [1.29, 1.82) is 0 Å². The van der Waals surface area contributed by atoms with Crippen molar-refractivity contribution in [3.8, 4) is 0 Å². The summed E-state index contributed by atoms with van der Waals surface area (Å²) >= 11 is 10.2. The summed E-state index contributed by atoms with van der Waals surface area (Å²) in [6.45, 7) is 8.41. The van der Waals surface area contributed by atoms with Gasteiger partial charge in [0.2, 0.25) is 0 Å². The molecule has 266 valence electrons. The molecule has 3 atom stereocenters. The predicted octanol–water partition coefficient (Wildman–Crippen LogP) is 0.0102. The second-order valence-electron chi connectivity index (χ2n) is 11.3. The quantitative estimate of drug-likeness (QED) is 0.258. The topological polar surface area (TPSA) is 232 Å². The van der Waals surface area contributed by atoms with Gasteiger partial charge in [0.05, 0.1) is 55.5 Å². The van der Waals surface area contributed by atoms with Crippen LogP contribution in [0.4, 0.5) is 0 Å². The van der Waals surface area contributed by atoms with E-state index in [9.17, 15) is 28.4 Å². The first-order chi connectivity index (χ1) is 20.8. The molecule has 0 saturated carbocycles. The van der Waals surface area contributed by atoms with Crippen LogP contribution in [-0.2, 0) is 33.3 Å². The Labute approximate surface area is 346 Å². The molecule has 1 aliphatic rings. The van der Waals surface area contributed by atoms with Crippen molar-refractivity contribution in [1.82, 2.24) is 29.7 Å². The summed E-state index contributed by atoms with van der Waals surface area (Å²) < 4.78 is 38.6. The van der Waals surface area contributed by atoms with Crippen molar-refractivity contribution < 1.29 is 88.7 Å². The average Bonchev–Trinajstić information content (AvgIpc) is 2.98. The van der Waals surface area contributed by atoms with Gasteiger partial charge in [0, 0.05) is 72.3 Å². The van der Waals surface area contributed by atoms with Gasteiger partial charge in [-0.2, -0.15) is 0 Å². The van der Waals surface area contributed by atoms with E-state index in [0.717, 1.165) is 20.0 Å². The molecule has 0 bridgehead atoms. The number of hydrogen-bond acceptors (Lipinski definition) is 12. The number of pyridine rings is 3. The number of aromatic nitrogens is 3. The minimum Gasteiger partial charge on any atom is -0.795 e. The molecule has 0 amide bonds. The fourth-order valence-corrected chi connectivity index (χ4v) is 8.85.